The molecule has 0 unspecified atom stereocenters. The Morgan fingerprint density at radius 1 is 1.16 bits per heavy atom. The van der Waals surface area contributed by atoms with Crippen LogP contribution in [0.3, 0.4) is 0 Å². The molecule has 0 spiro atoms. The molecule has 0 bridgehead atoms. The van der Waals surface area contributed by atoms with E-state index in [0.29, 0.717) is 23.0 Å². The van der Waals surface area contributed by atoms with Crippen LogP contribution in [0.5, 0.6) is 0 Å². The maximum absolute atomic E-state index is 13.6. The minimum absolute atomic E-state index is 0.261. The molecule has 2 aromatic rings. The van der Waals surface area contributed by atoms with Crippen molar-refractivity contribution in [3.8, 4) is 0 Å². The third kappa shape index (κ3) is 4.12. The number of carboxylic acid groups (broad SMARTS) is 1. The molecule has 0 fully saturated rings. The van der Waals surface area contributed by atoms with Crippen LogP contribution in [-0.4, -0.2) is 33.5 Å². The molecule has 1 heterocycles. The first-order valence-corrected chi connectivity index (χ1v) is 11.0. The summed E-state index contributed by atoms with van der Waals surface area (Å²) < 4.78 is 13.6. The topological polar surface area (TPSA) is 67.3 Å². The van der Waals surface area contributed by atoms with Gasteiger partial charge < -0.3 is 9.67 Å². The Bertz CT molecular complexity index is 804. The highest BCUT2D eigenvalue weighted by atomic mass is 31.2. The fourth-order valence-electron chi connectivity index (χ4n) is 3.52. The quantitative estimate of drug-likeness (QED) is 0.636. The molecular weight excluding hydrogens is 333 g/mol. The first kappa shape index (κ1) is 19.7. The van der Waals surface area contributed by atoms with Gasteiger partial charge in [0, 0.05) is 35.0 Å². The Labute approximate surface area is 150 Å². The SMILES string of the molecule is CCCP(=O)(CCC)C(C)(C)Cc1cc(C(=O)O)c2ccccc2n1. The van der Waals surface area contributed by atoms with Gasteiger partial charge in [-0.15, -0.1) is 0 Å². The molecule has 2 rings (SSSR count). The van der Waals surface area contributed by atoms with Gasteiger partial charge in [0.2, 0.25) is 0 Å². The molecule has 25 heavy (non-hydrogen) atoms. The number of carbonyl (C=O) groups is 1. The second-order valence-corrected chi connectivity index (χ2v) is 11.2. The molecule has 5 heteroatoms. The molecule has 0 aliphatic carbocycles. The lowest BCUT2D eigenvalue weighted by molar-refractivity contribution is 0.0699. The summed E-state index contributed by atoms with van der Waals surface area (Å²) >= 11 is 0. The smallest absolute Gasteiger partial charge is 0.336 e. The van der Waals surface area contributed by atoms with E-state index < -0.39 is 18.3 Å². The fourth-order valence-corrected chi connectivity index (χ4v) is 6.85. The molecule has 0 saturated carbocycles. The lowest BCUT2D eigenvalue weighted by Crippen LogP contribution is -2.27. The molecule has 4 nitrogen and oxygen atoms in total. The van der Waals surface area contributed by atoms with Crippen LogP contribution in [0.15, 0.2) is 30.3 Å². The molecule has 136 valence electrons. The van der Waals surface area contributed by atoms with Crippen LogP contribution in [0, 0.1) is 0 Å². The van der Waals surface area contributed by atoms with Gasteiger partial charge in [0.15, 0.2) is 0 Å². The summed E-state index contributed by atoms with van der Waals surface area (Å²) in [6.45, 7) is 8.21. The molecule has 0 radical (unpaired) electrons. The first-order valence-electron chi connectivity index (χ1n) is 8.94. The summed E-state index contributed by atoms with van der Waals surface area (Å²) in [7, 11) is -2.37. The van der Waals surface area contributed by atoms with Crippen LogP contribution in [-0.2, 0) is 11.0 Å². The standard InChI is InChI=1S/C20H28NO3P/c1-5-11-25(24,12-6-2)20(3,4)14-15-13-17(19(22)23)16-9-7-8-10-18(16)21-15/h7-10,13H,5-6,11-12,14H2,1-4H3,(H,22,23). The van der Waals surface area contributed by atoms with Gasteiger partial charge in [0.05, 0.1) is 18.2 Å². The number of nitrogens with zero attached hydrogens (tertiary/aromatic N) is 1. The maximum Gasteiger partial charge on any atom is 0.336 e. The molecule has 1 aromatic heterocycles. The highest BCUT2D eigenvalue weighted by Crippen LogP contribution is 2.59. The number of hydrogen-bond donors (Lipinski definition) is 1. The van der Waals surface area contributed by atoms with Gasteiger partial charge >= 0.3 is 5.97 Å². The van der Waals surface area contributed by atoms with Gasteiger partial charge in [0.1, 0.15) is 0 Å². The molecule has 0 atom stereocenters. The Kier molecular flexibility index (Phi) is 6.05. The summed E-state index contributed by atoms with van der Waals surface area (Å²) in [4.78, 5) is 16.3. The lowest BCUT2D eigenvalue weighted by atomic mass is 10.0. The van der Waals surface area contributed by atoms with E-state index in [4.69, 9.17) is 0 Å². The minimum atomic E-state index is -2.37. The van der Waals surface area contributed by atoms with Gasteiger partial charge in [-0.05, 0) is 25.0 Å². The number of benzene rings is 1. The highest BCUT2D eigenvalue weighted by molar-refractivity contribution is 7.65. The van der Waals surface area contributed by atoms with Gasteiger partial charge in [-0.1, -0.05) is 45.9 Å². The number of aromatic carboxylic acids is 1. The number of para-hydroxylation sites is 1. The number of rotatable bonds is 8. The van der Waals surface area contributed by atoms with E-state index in [9.17, 15) is 14.5 Å². The summed E-state index contributed by atoms with van der Waals surface area (Å²) in [6.07, 6.45) is 3.77. The third-order valence-corrected chi connectivity index (χ3v) is 9.59. The summed E-state index contributed by atoms with van der Waals surface area (Å²) in [5.74, 6) is -0.956. The lowest BCUT2D eigenvalue weighted by Gasteiger charge is -2.35. The predicted octanol–water partition coefficient (Wildman–Crippen LogP) is 5.44. The molecule has 1 N–H and O–H groups in total. The van der Waals surface area contributed by atoms with Crippen LogP contribution in [0.25, 0.3) is 10.9 Å². The van der Waals surface area contributed by atoms with E-state index >= 15 is 0 Å². The van der Waals surface area contributed by atoms with Gasteiger partial charge in [-0.2, -0.15) is 0 Å². The monoisotopic (exact) mass is 361 g/mol. The van der Waals surface area contributed by atoms with Crippen LogP contribution >= 0.6 is 7.14 Å². The van der Waals surface area contributed by atoms with E-state index in [0.717, 1.165) is 25.2 Å². The van der Waals surface area contributed by atoms with Gasteiger partial charge in [-0.25, -0.2) is 4.79 Å². The number of aromatic nitrogens is 1. The molecule has 0 aliphatic rings. The second kappa shape index (κ2) is 7.70. The van der Waals surface area contributed by atoms with E-state index in [-0.39, 0.29) is 5.56 Å². The molecular formula is C20H28NO3P. The Hall–Kier alpha value is -1.67. The van der Waals surface area contributed by atoms with Crippen molar-refractivity contribution in [2.24, 2.45) is 0 Å². The average Bonchev–Trinajstić information content (AvgIpc) is 2.54. The normalized spacial score (nSPS) is 12.5. The van der Waals surface area contributed by atoms with Crippen molar-refractivity contribution in [1.29, 1.82) is 0 Å². The van der Waals surface area contributed by atoms with Crippen LogP contribution in [0.1, 0.15) is 56.6 Å². The van der Waals surface area contributed by atoms with Crippen molar-refractivity contribution in [1.82, 2.24) is 4.98 Å². The molecule has 0 saturated heterocycles. The number of fused-ring (bicyclic) bond motifs is 1. The van der Waals surface area contributed by atoms with Crippen molar-refractivity contribution in [3.63, 3.8) is 0 Å². The average molecular weight is 361 g/mol. The second-order valence-electron chi connectivity index (χ2n) is 7.31. The molecule has 0 aliphatic heterocycles. The van der Waals surface area contributed by atoms with E-state index in [1.54, 1.807) is 12.1 Å². The van der Waals surface area contributed by atoms with Gasteiger partial charge in [0.25, 0.3) is 0 Å². The molecule has 0 amide bonds. The minimum Gasteiger partial charge on any atom is -0.478 e. The van der Waals surface area contributed by atoms with E-state index in [2.05, 4.69) is 18.8 Å². The largest absolute Gasteiger partial charge is 0.478 e. The first-order chi connectivity index (χ1) is 11.7. The van der Waals surface area contributed by atoms with Crippen LogP contribution < -0.4 is 0 Å². The van der Waals surface area contributed by atoms with Crippen LogP contribution in [0.4, 0.5) is 0 Å². The number of carboxylic acids is 1. The Balaban J connectivity index is 2.48. The summed E-state index contributed by atoms with van der Waals surface area (Å²) in [6, 6.07) is 8.93. The zero-order chi connectivity index (χ0) is 18.7. The van der Waals surface area contributed by atoms with Gasteiger partial charge in [-0.3, -0.25) is 4.98 Å². The zero-order valence-corrected chi connectivity index (χ0v) is 16.5. The van der Waals surface area contributed by atoms with E-state index in [1.807, 2.05) is 32.0 Å². The fraction of sp³-hybridized carbons (Fsp3) is 0.500. The van der Waals surface area contributed by atoms with Crippen molar-refractivity contribution < 1.29 is 14.5 Å². The summed E-state index contributed by atoms with van der Waals surface area (Å²) in [5.41, 5.74) is 1.64. The van der Waals surface area contributed by atoms with Crippen LogP contribution in [0.2, 0.25) is 0 Å². The number of hydrogen-bond acceptors (Lipinski definition) is 3. The van der Waals surface area contributed by atoms with Crippen molar-refractivity contribution in [2.45, 2.75) is 52.1 Å². The van der Waals surface area contributed by atoms with Crippen molar-refractivity contribution in [3.05, 3.63) is 41.6 Å². The predicted molar refractivity (Wildman–Crippen MR) is 104 cm³/mol. The van der Waals surface area contributed by atoms with E-state index in [1.165, 1.54) is 0 Å². The molecule has 1 aromatic carbocycles. The zero-order valence-electron chi connectivity index (χ0n) is 15.6. The van der Waals surface area contributed by atoms with Crippen molar-refractivity contribution in [2.75, 3.05) is 12.3 Å². The summed E-state index contributed by atoms with van der Waals surface area (Å²) in [5, 5.41) is 9.79. The Morgan fingerprint density at radius 2 is 1.76 bits per heavy atom. The number of pyridine rings is 1. The Morgan fingerprint density at radius 3 is 2.32 bits per heavy atom. The van der Waals surface area contributed by atoms with Crippen molar-refractivity contribution >= 4 is 24.0 Å². The highest BCUT2D eigenvalue weighted by Gasteiger charge is 2.39. The third-order valence-electron chi connectivity index (χ3n) is 4.89. The maximum atomic E-state index is 13.6.